The molecule has 0 spiro atoms. The first-order valence-corrected chi connectivity index (χ1v) is 7.43. The van der Waals surface area contributed by atoms with Crippen molar-refractivity contribution >= 4 is 40.9 Å². The van der Waals surface area contributed by atoms with Gasteiger partial charge in [0.1, 0.15) is 0 Å². The summed E-state index contributed by atoms with van der Waals surface area (Å²) in [4.78, 5) is 14.4. The molecule has 1 aromatic rings. The maximum Gasteiger partial charge on any atom is 0.254 e. The minimum absolute atomic E-state index is 0. The lowest BCUT2D eigenvalue weighted by Crippen LogP contribution is -2.44. The number of nitrogens with zero attached hydrogens (tertiary/aromatic N) is 1. The second-order valence-electron chi connectivity index (χ2n) is 4.77. The average Bonchev–Trinajstić information content (AvgIpc) is 2.41. The SMILES string of the molecule is CNC1CCN(C(=O)c2cccc(I)c2C)CC1.Cl. The van der Waals surface area contributed by atoms with Crippen molar-refractivity contribution in [3.8, 4) is 0 Å². The number of halogens is 2. The molecule has 0 atom stereocenters. The van der Waals surface area contributed by atoms with Crippen LogP contribution in [0.1, 0.15) is 28.8 Å². The van der Waals surface area contributed by atoms with Crippen LogP contribution in [0.5, 0.6) is 0 Å². The molecule has 1 N–H and O–H groups in total. The van der Waals surface area contributed by atoms with Crippen LogP contribution >= 0.6 is 35.0 Å². The fourth-order valence-electron chi connectivity index (χ4n) is 2.38. The first kappa shape index (κ1) is 16.7. The standard InChI is InChI=1S/C14H19IN2O.ClH/c1-10-12(4-3-5-13(10)15)14(18)17-8-6-11(16-2)7-9-17;/h3-5,11,16H,6-9H2,1-2H3;1H. The van der Waals surface area contributed by atoms with E-state index in [1.807, 2.05) is 37.1 Å². The van der Waals surface area contributed by atoms with Gasteiger partial charge in [0.25, 0.3) is 5.91 Å². The number of benzene rings is 1. The number of carbonyl (C=O) groups excluding carboxylic acids is 1. The number of piperidine rings is 1. The zero-order chi connectivity index (χ0) is 13.1. The molecule has 0 radical (unpaired) electrons. The Kier molecular flexibility index (Phi) is 6.56. The van der Waals surface area contributed by atoms with Crippen LogP contribution in [0.3, 0.4) is 0 Å². The van der Waals surface area contributed by atoms with E-state index < -0.39 is 0 Å². The van der Waals surface area contributed by atoms with E-state index in [1.54, 1.807) is 0 Å². The zero-order valence-electron chi connectivity index (χ0n) is 11.3. The second-order valence-corrected chi connectivity index (χ2v) is 5.93. The predicted octanol–water partition coefficient (Wildman–Crippen LogP) is 2.85. The summed E-state index contributed by atoms with van der Waals surface area (Å²) in [5, 5.41) is 3.28. The average molecular weight is 395 g/mol. The van der Waals surface area contributed by atoms with E-state index >= 15 is 0 Å². The highest BCUT2D eigenvalue weighted by Crippen LogP contribution is 2.19. The number of hydrogen-bond acceptors (Lipinski definition) is 2. The van der Waals surface area contributed by atoms with Gasteiger partial charge in [-0.25, -0.2) is 0 Å². The Morgan fingerprint density at radius 1 is 1.37 bits per heavy atom. The number of amides is 1. The van der Waals surface area contributed by atoms with Gasteiger partial charge in [-0.05, 0) is 67.1 Å². The Morgan fingerprint density at radius 3 is 2.58 bits per heavy atom. The van der Waals surface area contributed by atoms with E-state index in [0.717, 1.165) is 40.6 Å². The second kappa shape index (κ2) is 7.45. The topological polar surface area (TPSA) is 32.3 Å². The summed E-state index contributed by atoms with van der Waals surface area (Å²) in [7, 11) is 1.99. The smallest absolute Gasteiger partial charge is 0.254 e. The highest BCUT2D eigenvalue weighted by molar-refractivity contribution is 14.1. The van der Waals surface area contributed by atoms with Crippen molar-refractivity contribution in [2.24, 2.45) is 0 Å². The number of nitrogens with one attached hydrogen (secondary N) is 1. The van der Waals surface area contributed by atoms with Crippen molar-refractivity contribution in [1.29, 1.82) is 0 Å². The number of likely N-dealkylation sites (tertiary alicyclic amines) is 1. The molecule has 0 unspecified atom stereocenters. The molecule has 1 aliphatic rings. The molecule has 3 nitrogen and oxygen atoms in total. The summed E-state index contributed by atoms with van der Waals surface area (Å²) < 4.78 is 1.16. The summed E-state index contributed by atoms with van der Waals surface area (Å²) in [5.41, 5.74) is 1.95. The van der Waals surface area contributed by atoms with Crippen molar-refractivity contribution < 1.29 is 4.79 Å². The first-order valence-electron chi connectivity index (χ1n) is 6.35. The van der Waals surface area contributed by atoms with Gasteiger partial charge in [0.05, 0.1) is 0 Å². The molecule has 19 heavy (non-hydrogen) atoms. The molecule has 106 valence electrons. The molecule has 1 amide bonds. The molecule has 1 fully saturated rings. The minimum atomic E-state index is 0. The van der Waals surface area contributed by atoms with E-state index in [4.69, 9.17) is 0 Å². The van der Waals surface area contributed by atoms with E-state index in [9.17, 15) is 4.79 Å². The monoisotopic (exact) mass is 394 g/mol. The van der Waals surface area contributed by atoms with Crippen molar-refractivity contribution in [3.05, 3.63) is 32.9 Å². The van der Waals surface area contributed by atoms with Gasteiger partial charge in [0, 0.05) is 28.3 Å². The van der Waals surface area contributed by atoms with Crippen LogP contribution < -0.4 is 5.32 Å². The molecule has 0 aliphatic carbocycles. The Balaban J connectivity index is 0.00000180. The maximum atomic E-state index is 12.5. The Labute approximate surface area is 134 Å². The molecule has 1 saturated heterocycles. The van der Waals surface area contributed by atoms with Crippen molar-refractivity contribution in [3.63, 3.8) is 0 Å². The predicted molar refractivity (Wildman–Crippen MR) is 89.1 cm³/mol. The summed E-state index contributed by atoms with van der Waals surface area (Å²) in [6, 6.07) is 6.50. The zero-order valence-corrected chi connectivity index (χ0v) is 14.3. The third-order valence-corrected chi connectivity index (χ3v) is 4.86. The van der Waals surface area contributed by atoms with E-state index in [1.165, 1.54) is 0 Å². The summed E-state index contributed by atoms with van der Waals surface area (Å²) in [6.45, 7) is 3.74. The molecule has 0 saturated carbocycles. The fraction of sp³-hybridized carbons (Fsp3) is 0.500. The van der Waals surface area contributed by atoms with Gasteiger partial charge in [0.15, 0.2) is 0 Å². The van der Waals surface area contributed by atoms with Crippen LogP contribution in [0.25, 0.3) is 0 Å². The quantitative estimate of drug-likeness (QED) is 0.782. The molecule has 0 bridgehead atoms. The minimum Gasteiger partial charge on any atom is -0.339 e. The van der Waals surface area contributed by atoms with Gasteiger partial charge in [0.2, 0.25) is 0 Å². The van der Waals surface area contributed by atoms with Gasteiger partial charge >= 0.3 is 0 Å². The molecule has 5 heteroatoms. The van der Waals surface area contributed by atoms with Gasteiger partial charge in [-0.1, -0.05) is 6.07 Å². The summed E-state index contributed by atoms with van der Waals surface area (Å²) in [6.07, 6.45) is 2.09. The van der Waals surface area contributed by atoms with Crippen LogP contribution in [0.2, 0.25) is 0 Å². The molecular formula is C14H20ClIN2O. The van der Waals surface area contributed by atoms with Crippen molar-refractivity contribution in [2.75, 3.05) is 20.1 Å². The van der Waals surface area contributed by atoms with Gasteiger partial charge in [-0.15, -0.1) is 12.4 Å². The fourth-order valence-corrected chi connectivity index (χ4v) is 2.88. The highest BCUT2D eigenvalue weighted by Gasteiger charge is 2.23. The van der Waals surface area contributed by atoms with Gasteiger partial charge in [-0.2, -0.15) is 0 Å². The van der Waals surface area contributed by atoms with Gasteiger partial charge < -0.3 is 10.2 Å². The lowest BCUT2D eigenvalue weighted by Gasteiger charge is -2.32. The first-order chi connectivity index (χ1) is 8.63. The van der Waals surface area contributed by atoms with Crippen LogP contribution in [0.15, 0.2) is 18.2 Å². The van der Waals surface area contributed by atoms with E-state index in [2.05, 4.69) is 27.9 Å². The lowest BCUT2D eigenvalue weighted by molar-refractivity contribution is 0.0706. The summed E-state index contributed by atoms with van der Waals surface area (Å²) >= 11 is 2.28. The maximum absolute atomic E-state index is 12.5. The Bertz CT molecular complexity index is 445. The molecular weight excluding hydrogens is 375 g/mol. The van der Waals surface area contributed by atoms with Crippen molar-refractivity contribution in [2.45, 2.75) is 25.8 Å². The third kappa shape index (κ3) is 3.83. The van der Waals surface area contributed by atoms with Gasteiger partial charge in [-0.3, -0.25) is 4.79 Å². The van der Waals surface area contributed by atoms with Crippen LogP contribution in [0, 0.1) is 10.5 Å². The number of carbonyl (C=O) groups is 1. The molecule has 1 aromatic carbocycles. The normalized spacial score (nSPS) is 16.1. The molecule has 1 heterocycles. The van der Waals surface area contributed by atoms with E-state index in [-0.39, 0.29) is 18.3 Å². The highest BCUT2D eigenvalue weighted by atomic mass is 127. The Morgan fingerprint density at radius 2 is 2.00 bits per heavy atom. The summed E-state index contributed by atoms with van der Waals surface area (Å²) in [5.74, 6) is 0.181. The molecule has 2 rings (SSSR count). The molecule has 1 aliphatic heterocycles. The van der Waals surface area contributed by atoms with Crippen LogP contribution in [-0.4, -0.2) is 37.0 Å². The molecule has 0 aromatic heterocycles. The lowest BCUT2D eigenvalue weighted by atomic mass is 10.0. The van der Waals surface area contributed by atoms with Crippen LogP contribution in [-0.2, 0) is 0 Å². The van der Waals surface area contributed by atoms with Crippen molar-refractivity contribution in [1.82, 2.24) is 10.2 Å². The Hall–Kier alpha value is -0.330. The number of rotatable bonds is 2. The number of hydrogen-bond donors (Lipinski definition) is 1. The van der Waals surface area contributed by atoms with E-state index in [0.29, 0.717) is 6.04 Å². The van der Waals surface area contributed by atoms with Crippen LogP contribution in [0.4, 0.5) is 0 Å². The third-order valence-electron chi connectivity index (χ3n) is 3.69. The largest absolute Gasteiger partial charge is 0.339 e.